The smallest absolute Gasteiger partial charge is 0.295 e. The predicted octanol–water partition coefficient (Wildman–Crippen LogP) is 4.33. The maximum Gasteiger partial charge on any atom is 0.295 e. The Kier molecular flexibility index (Phi) is 4.25. The number of nitro groups is 1. The van der Waals surface area contributed by atoms with E-state index in [9.17, 15) is 14.9 Å². The fourth-order valence-electron chi connectivity index (χ4n) is 2.99. The van der Waals surface area contributed by atoms with Gasteiger partial charge in [-0.1, -0.05) is 30.3 Å². The van der Waals surface area contributed by atoms with Crippen LogP contribution in [0.2, 0.25) is 0 Å². The molecule has 0 saturated carbocycles. The minimum absolute atomic E-state index is 0.000654. The second-order valence-corrected chi connectivity index (χ2v) is 6.11. The van der Waals surface area contributed by atoms with Gasteiger partial charge < -0.3 is 10.1 Å². The van der Waals surface area contributed by atoms with E-state index in [1.807, 2.05) is 12.1 Å². The fraction of sp³-hybridized carbons (Fsp3) is 0.100. The minimum Gasteiger partial charge on any atom is -0.439 e. The molecule has 0 aliphatic carbocycles. The van der Waals surface area contributed by atoms with Crippen molar-refractivity contribution in [3.05, 3.63) is 76.3 Å². The topological polar surface area (TPSA) is 94.4 Å². The molecule has 0 spiro atoms. The summed E-state index contributed by atoms with van der Waals surface area (Å²) in [6.07, 6.45) is 1.08. The summed E-state index contributed by atoms with van der Waals surface area (Å²) in [6, 6.07) is 17.2. The molecule has 134 valence electrons. The Bertz CT molecular complexity index is 1030. The van der Waals surface area contributed by atoms with Gasteiger partial charge in [0.2, 0.25) is 11.8 Å². The highest BCUT2D eigenvalue weighted by molar-refractivity contribution is 5.94. The van der Waals surface area contributed by atoms with Gasteiger partial charge in [0.15, 0.2) is 5.69 Å². The molecular weight excluding hydrogens is 346 g/mol. The lowest BCUT2D eigenvalue weighted by Crippen LogP contribution is -2.18. The van der Waals surface area contributed by atoms with Crippen molar-refractivity contribution in [1.82, 2.24) is 4.98 Å². The molecule has 3 aromatic rings. The van der Waals surface area contributed by atoms with Gasteiger partial charge >= 0.3 is 0 Å². The van der Waals surface area contributed by atoms with Crippen molar-refractivity contribution in [3.8, 4) is 22.9 Å². The molecule has 0 radical (unpaired) electrons. The van der Waals surface area contributed by atoms with Crippen molar-refractivity contribution in [2.24, 2.45) is 0 Å². The molecule has 0 unspecified atom stereocenters. The number of pyridine rings is 1. The molecule has 7 nitrogen and oxygen atoms in total. The van der Waals surface area contributed by atoms with E-state index in [0.29, 0.717) is 24.2 Å². The zero-order valence-corrected chi connectivity index (χ0v) is 14.2. The Morgan fingerprint density at radius 3 is 2.63 bits per heavy atom. The van der Waals surface area contributed by atoms with Crippen molar-refractivity contribution in [3.63, 3.8) is 0 Å². The van der Waals surface area contributed by atoms with Crippen LogP contribution in [0.25, 0.3) is 11.3 Å². The van der Waals surface area contributed by atoms with Gasteiger partial charge in [0.25, 0.3) is 5.69 Å². The zero-order chi connectivity index (χ0) is 18.8. The highest BCUT2D eigenvalue weighted by Gasteiger charge is 2.19. The molecular formula is C20H15N3O4. The van der Waals surface area contributed by atoms with Gasteiger partial charge in [0, 0.05) is 29.8 Å². The van der Waals surface area contributed by atoms with Gasteiger partial charge in [-0.3, -0.25) is 14.9 Å². The van der Waals surface area contributed by atoms with Gasteiger partial charge in [-0.25, -0.2) is 4.98 Å². The highest BCUT2D eigenvalue weighted by Crippen LogP contribution is 2.33. The summed E-state index contributed by atoms with van der Waals surface area (Å²) in [5.74, 6) is 0.824. The molecule has 0 atom stereocenters. The van der Waals surface area contributed by atoms with E-state index in [0.717, 1.165) is 11.3 Å². The summed E-state index contributed by atoms with van der Waals surface area (Å²) >= 11 is 0. The van der Waals surface area contributed by atoms with Crippen molar-refractivity contribution in [2.45, 2.75) is 12.8 Å². The normalized spacial score (nSPS) is 12.8. The van der Waals surface area contributed by atoms with E-state index < -0.39 is 4.92 Å². The summed E-state index contributed by atoms with van der Waals surface area (Å²) in [5, 5.41) is 14.2. The molecule has 2 aromatic carbocycles. The fourth-order valence-corrected chi connectivity index (χ4v) is 2.99. The summed E-state index contributed by atoms with van der Waals surface area (Å²) in [4.78, 5) is 26.7. The van der Waals surface area contributed by atoms with Gasteiger partial charge in [-0.15, -0.1) is 0 Å². The van der Waals surface area contributed by atoms with Crippen LogP contribution in [0.15, 0.2) is 60.7 Å². The van der Waals surface area contributed by atoms with Crippen LogP contribution in [0.1, 0.15) is 12.0 Å². The van der Waals surface area contributed by atoms with Gasteiger partial charge in [-0.2, -0.15) is 0 Å². The number of aromatic nitrogens is 1. The molecule has 7 heteroatoms. The van der Waals surface area contributed by atoms with E-state index in [1.165, 1.54) is 12.1 Å². The monoisotopic (exact) mass is 361 g/mol. The molecule has 0 bridgehead atoms. The van der Waals surface area contributed by atoms with Crippen LogP contribution in [0.4, 0.5) is 11.4 Å². The van der Waals surface area contributed by atoms with Crippen molar-refractivity contribution in [2.75, 3.05) is 5.32 Å². The number of fused-ring (bicyclic) bond motifs is 1. The summed E-state index contributed by atoms with van der Waals surface area (Å²) in [6.45, 7) is 0. The molecule has 1 N–H and O–H groups in total. The third-order valence-corrected chi connectivity index (χ3v) is 4.29. The van der Waals surface area contributed by atoms with Crippen LogP contribution in [0.5, 0.6) is 11.6 Å². The summed E-state index contributed by atoms with van der Waals surface area (Å²) in [5.41, 5.74) is 2.57. The first kappa shape index (κ1) is 16.7. The van der Waals surface area contributed by atoms with E-state index in [-0.39, 0.29) is 23.2 Å². The highest BCUT2D eigenvalue weighted by atomic mass is 16.6. The molecule has 0 saturated heterocycles. The number of ether oxygens (including phenoxy) is 1. The Hall–Kier alpha value is -3.74. The number of rotatable bonds is 4. The third-order valence-electron chi connectivity index (χ3n) is 4.29. The number of aryl methyl sites for hydroxylation is 1. The Morgan fingerprint density at radius 2 is 1.85 bits per heavy atom. The number of carbonyl (C=O) groups is 1. The summed E-state index contributed by atoms with van der Waals surface area (Å²) < 4.78 is 5.82. The maximum atomic E-state index is 11.5. The second kappa shape index (κ2) is 6.87. The predicted molar refractivity (Wildman–Crippen MR) is 99.8 cm³/mol. The van der Waals surface area contributed by atoms with Gasteiger partial charge in [-0.05, 0) is 30.2 Å². The Morgan fingerprint density at radius 1 is 1.04 bits per heavy atom. The average molecular weight is 361 g/mol. The number of anilines is 1. The lowest BCUT2D eigenvalue weighted by atomic mass is 10.0. The molecule has 27 heavy (non-hydrogen) atoms. The Balaban J connectivity index is 1.67. The Labute approximate surface area is 154 Å². The number of benzene rings is 2. The molecule has 0 fully saturated rings. The molecule has 1 aromatic heterocycles. The van der Waals surface area contributed by atoms with Gasteiger partial charge in [0.05, 0.1) is 4.92 Å². The van der Waals surface area contributed by atoms with Crippen LogP contribution in [-0.2, 0) is 11.2 Å². The van der Waals surface area contributed by atoms with E-state index in [2.05, 4.69) is 10.3 Å². The minimum atomic E-state index is -0.458. The molecule has 1 amide bonds. The lowest BCUT2D eigenvalue weighted by Gasteiger charge is -2.17. The van der Waals surface area contributed by atoms with Crippen LogP contribution in [0.3, 0.4) is 0 Å². The first-order valence-corrected chi connectivity index (χ1v) is 8.41. The van der Waals surface area contributed by atoms with Crippen molar-refractivity contribution < 1.29 is 14.5 Å². The second-order valence-electron chi connectivity index (χ2n) is 6.11. The number of amides is 1. The van der Waals surface area contributed by atoms with Crippen LogP contribution >= 0.6 is 0 Å². The standard InChI is InChI=1S/C20H15N3O4/c24-18-10-6-14-12-15(7-8-16(14)21-18)27-19-11-9-17(23(25)26)20(22-19)13-4-2-1-3-5-13/h1-5,7-9,11-12H,6,10H2,(H,21,24). The maximum absolute atomic E-state index is 11.5. The first-order valence-electron chi connectivity index (χ1n) is 8.41. The number of nitrogens with zero attached hydrogens (tertiary/aromatic N) is 2. The van der Waals surface area contributed by atoms with Crippen LogP contribution < -0.4 is 10.1 Å². The first-order chi connectivity index (χ1) is 13.1. The van der Waals surface area contributed by atoms with Crippen molar-refractivity contribution >= 4 is 17.3 Å². The molecule has 1 aliphatic rings. The average Bonchev–Trinajstić information content (AvgIpc) is 2.68. The van der Waals surface area contributed by atoms with E-state index >= 15 is 0 Å². The van der Waals surface area contributed by atoms with Crippen LogP contribution in [0, 0.1) is 10.1 Å². The SMILES string of the molecule is O=C1CCc2cc(Oc3ccc([N+](=O)[O-])c(-c4ccccc4)n3)ccc2N1. The number of nitrogens with one attached hydrogen (secondary N) is 1. The number of hydrogen-bond acceptors (Lipinski definition) is 5. The quantitative estimate of drug-likeness (QED) is 0.551. The zero-order valence-electron chi connectivity index (χ0n) is 14.2. The van der Waals surface area contributed by atoms with Crippen molar-refractivity contribution in [1.29, 1.82) is 0 Å². The molecule has 2 heterocycles. The summed E-state index contributed by atoms with van der Waals surface area (Å²) in [7, 11) is 0. The van der Waals surface area contributed by atoms with E-state index in [4.69, 9.17) is 4.74 Å². The third kappa shape index (κ3) is 3.48. The van der Waals surface area contributed by atoms with Gasteiger partial charge in [0.1, 0.15) is 5.75 Å². The van der Waals surface area contributed by atoms with Crippen LogP contribution in [-0.4, -0.2) is 15.8 Å². The lowest BCUT2D eigenvalue weighted by molar-refractivity contribution is -0.384. The van der Waals surface area contributed by atoms with E-state index in [1.54, 1.807) is 36.4 Å². The molecule has 4 rings (SSSR count). The number of carbonyl (C=O) groups excluding carboxylic acids is 1. The molecule has 1 aliphatic heterocycles. The number of hydrogen-bond donors (Lipinski definition) is 1. The largest absolute Gasteiger partial charge is 0.439 e.